The van der Waals surface area contributed by atoms with Crippen molar-refractivity contribution in [3.05, 3.63) is 0 Å². The van der Waals surface area contributed by atoms with Crippen LogP contribution in [-0.2, 0) is 32.7 Å². The SMILES string of the molecule is CCCCCCCCCCCCCCCCCCCCCCCCC(=O)OC[C@H](COP(=O)([O-])OCC[N+](C)(C)C)OC(=O)CCCCCCCCCC. The quantitative estimate of drug-likeness (QED) is 0.0260. The van der Waals surface area contributed by atoms with Crippen molar-refractivity contribution >= 4 is 19.8 Å². The van der Waals surface area contributed by atoms with Crippen LogP contribution in [0.4, 0.5) is 0 Å². The van der Waals surface area contributed by atoms with Gasteiger partial charge in [-0.05, 0) is 12.8 Å². The fraction of sp³-hybridized carbons (Fsp3) is 0.955. The van der Waals surface area contributed by atoms with Gasteiger partial charge in [-0.2, -0.15) is 0 Å². The van der Waals surface area contributed by atoms with Gasteiger partial charge < -0.3 is 27.9 Å². The van der Waals surface area contributed by atoms with Gasteiger partial charge in [0.15, 0.2) is 6.10 Å². The van der Waals surface area contributed by atoms with Gasteiger partial charge in [0.25, 0.3) is 7.82 Å². The number of rotatable bonds is 42. The number of hydrogen-bond donors (Lipinski definition) is 0. The number of ether oxygens (including phenoxy) is 2. The number of hydrogen-bond acceptors (Lipinski definition) is 8. The summed E-state index contributed by atoms with van der Waals surface area (Å²) in [7, 11) is 1.18. The third-order valence-electron chi connectivity index (χ3n) is 10.1. The Bertz CT molecular complexity index is 896. The number of carbonyl (C=O) groups excluding carboxylic acids is 2. The highest BCUT2D eigenvalue weighted by atomic mass is 31.2. The number of phosphoric acid groups is 1. The molecule has 0 spiro atoms. The zero-order valence-electron chi connectivity index (χ0n) is 36.2. The van der Waals surface area contributed by atoms with Crippen LogP contribution >= 0.6 is 7.82 Å². The summed E-state index contributed by atoms with van der Waals surface area (Å²) in [5, 5.41) is 0. The van der Waals surface area contributed by atoms with Gasteiger partial charge in [-0.25, -0.2) is 0 Å². The topological polar surface area (TPSA) is 111 Å². The van der Waals surface area contributed by atoms with E-state index < -0.39 is 26.5 Å². The monoisotopic (exact) mass is 790 g/mol. The molecule has 0 N–H and O–H groups in total. The van der Waals surface area contributed by atoms with E-state index in [2.05, 4.69) is 13.8 Å². The summed E-state index contributed by atoms with van der Waals surface area (Å²) in [5.74, 6) is -0.825. The van der Waals surface area contributed by atoms with Crippen molar-refractivity contribution in [1.82, 2.24) is 0 Å². The Morgan fingerprint density at radius 2 is 0.833 bits per heavy atom. The van der Waals surface area contributed by atoms with Gasteiger partial charge in [-0.1, -0.05) is 194 Å². The van der Waals surface area contributed by atoms with Gasteiger partial charge in [0.2, 0.25) is 0 Å². The molecule has 54 heavy (non-hydrogen) atoms. The molecule has 0 radical (unpaired) electrons. The van der Waals surface area contributed by atoms with E-state index in [9.17, 15) is 19.0 Å². The molecule has 0 bridgehead atoms. The van der Waals surface area contributed by atoms with Gasteiger partial charge in [0.1, 0.15) is 19.8 Å². The van der Waals surface area contributed by atoms with Crippen molar-refractivity contribution in [2.45, 2.75) is 225 Å². The molecule has 0 rings (SSSR count). The Morgan fingerprint density at radius 1 is 0.500 bits per heavy atom. The van der Waals surface area contributed by atoms with Gasteiger partial charge >= 0.3 is 11.9 Å². The number of likely N-dealkylation sites (N-methyl/N-ethyl adjacent to an activating group) is 1. The smallest absolute Gasteiger partial charge is 0.306 e. The van der Waals surface area contributed by atoms with Crippen molar-refractivity contribution in [1.29, 1.82) is 0 Å². The normalized spacial score (nSPS) is 13.5. The first kappa shape index (κ1) is 53.0. The number of phosphoric ester groups is 1. The van der Waals surface area contributed by atoms with Crippen LogP contribution in [0.25, 0.3) is 0 Å². The summed E-state index contributed by atoms with van der Waals surface area (Å²) in [4.78, 5) is 37.4. The summed E-state index contributed by atoms with van der Waals surface area (Å²) in [5.41, 5.74) is 0. The Morgan fingerprint density at radius 3 is 1.19 bits per heavy atom. The van der Waals surface area contributed by atoms with E-state index in [1.165, 1.54) is 148 Å². The molecule has 0 fully saturated rings. The highest BCUT2D eigenvalue weighted by Crippen LogP contribution is 2.38. The highest BCUT2D eigenvalue weighted by Gasteiger charge is 2.21. The first-order valence-electron chi connectivity index (χ1n) is 22.7. The molecule has 0 aromatic carbocycles. The molecule has 0 amide bonds. The molecule has 9 nitrogen and oxygen atoms in total. The fourth-order valence-electron chi connectivity index (χ4n) is 6.54. The van der Waals surface area contributed by atoms with Crippen LogP contribution in [0.1, 0.15) is 219 Å². The summed E-state index contributed by atoms with van der Waals surface area (Å²) < 4.78 is 33.8. The number of nitrogens with zero attached hydrogens (tertiary/aromatic N) is 1. The van der Waals surface area contributed by atoms with Crippen LogP contribution in [0.2, 0.25) is 0 Å². The van der Waals surface area contributed by atoms with E-state index in [4.69, 9.17) is 18.5 Å². The van der Waals surface area contributed by atoms with E-state index >= 15 is 0 Å². The van der Waals surface area contributed by atoms with Crippen molar-refractivity contribution < 1.29 is 42.1 Å². The molecule has 0 heterocycles. The van der Waals surface area contributed by atoms with Gasteiger partial charge in [0, 0.05) is 12.8 Å². The second-order valence-electron chi connectivity index (χ2n) is 16.8. The Labute approximate surface area is 334 Å². The predicted octanol–water partition coefficient (Wildman–Crippen LogP) is 12.2. The molecular formula is C44H88NO8P. The minimum absolute atomic E-state index is 0.0261. The Kier molecular flexibility index (Phi) is 36.9. The summed E-state index contributed by atoms with van der Waals surface area (Å²) in [6, 6.07) is 0. The molecule has 0 aromatic rings. The lowest BCUT2D eigenvalue weighted by molar-refractivity contribution is -0.870. The maximum Gasteiger partial charge on any atom is 0.306 e. The van der Waals surface area contributed by atoms with E-state index in [1.54, 1.807) is 0 Å². The molecule has 0 aromatic heterocycles. The molecule has 0 saturated carbocycles. The third kappa shape index (κ3) is 40.7. The first-order valence-corrected chi connectivity index (χ1v) is 24.2. The van der Waals surface area contributed by atoms with Crippen LogP contribution in [0.15, 0.2) is 0 Å². The average Bonchev–Trinajstić information content (AvgIpc) is 3.12. The Balaban J connectivity index is 4.09. The lowest BCUT2D eigenvalue weighted by Crippen LogP contribution is -2.37. The van der Waals surface area contributed by atoms with Crippen LogP contribution in [-0.4, -0.2) is 70.0 Å². The molecule has 10 heteroatoms. The van der Waals surface area contributed by atoms with Crippen LogP contribution in [0, 0.1) is 0 Å². The lowest BCUT2D eigenvalue weighted by Gasteiger charge is -2.28. The zero-order valence-corrected chi connectivity index (χ0v) is 37.1. The fourth-order valence-corrected chi connectivity index (χ4v) is 7.27. The number of esters is 2. The van der Waals surface area contributed by atoms with Crippen LogP contribution in [0.5, 0.6) is 0 Å². The second kappa shape index (κ2) is 37.6. The predicted molar refractivity (Wildman–Crippen MR) is 222 cm³/mol. The highest BCUT2D eigenvalue weighted by molar-refractivity contribution is 7.45. The van der Waals surface area contributed by atoms with E-state index in [0.717, 1.165) is 38.5 Å². The minimum atomic E-state index is -4.61. The third-order valence-corrected chi connectivity index (χ3v) is 11.1. The zero-order chi connectivity index (χ0) is 40.0. The second-order valence-corrected chi connectivity index (χ2v) is 18.2. The maximum atomic E-state index is 12.6. The summed E-state index contributed by atoms with van der Waals surface area (Å²) in [6.45, 7) is 4.22. The molecule has 2 atom stereocenters. The molecule has 322 valence electrons. The van der Waals surface area contributed by atoms with E-state index in [1.807, 2.05) is 21.1 Å². The Hall–Kier alpha value is -0.990. The van der Waals surface area contributed by atoms with E-state index in [0.29, 0.717) is 17.4 Å². The number of quaternary nitrogens is 1. The van der Waals surface area contributed by atoms with Crippen molar-refractivity contribution in [2.75, 3.05) is 47.5 Å². The number of carbonyl (C=O) groups is 2. The maximum absolute atomic E-state index is 12.6. The van der Waals surface area contributed by atoms with E-state index in [-0.39, 0.29) is 32.0 Å². The van der Waals surface area contributed by atoms with Crippen LogP contribution < -0.4 is 4.89 Å². The van der Waals surface area contributed by atoms with Gasteiger partial charge in [0.05, 0.1) is 27.7 Å². The molecule has 1 unspecified atom stereocenters. The minimum Gasteiger partial charge on any atom is -0.756 e. The van der Waals surface area contributed by atoms with Crippen molar-refractivity contribution in [3.8, 4) is 0 Å². The molecule has 0 aliphatic rings. The van der Waals surface area contributed by atoms with Crippen LogP contribution in [0.3, 0.4) is 0 Å². The number of unbranched alkanes of at least 4 members (excludes halogenated alkanes) is 28. The van der Waals surface area contributed by atoms with Crippen molar-refractivity contribution in [3.63, 3.8) is 0 Å². The molecule has 0 saturated heterocycles. The summed E-state index contributed by atoms with van der Waals surface area (Å²) >= 11 is 0. The van der Waals surface area contributed by atoms with Gasteiger partial charge in [-0.3, -0.25) is 14.2 Å². The lowest BCUT2D eigenvalue weighted by atomic mass is 10.0. The molecule has 0 aliphatic carbocycles. The van der Waals surface area contributed by atoms with Gasteiger partial charge in [-0.15, -0.1) is 0 Å². The first-order chi connectivity index (χ1) is 26.0. The average molecular weight is 790 g/mol. The molecule has 0 aliphatic heterocycles. The summed E-state index contributed by atoms with van der Waals surface area (Å²) in [6.07, 6.45) is 37.2. The molecular weight excluding hydrogens is 701 g/mol. The van der Waals surface area contributed by atoms with Crippen molar-refractivity contribution in [2.24, 2.45) is 0 Å². The largest absolute Gasteiger partial charge is 0.756 e. The standard InChI is InChI=1S/C44H88NO8P/c1-6-8-10-12-14-16-17-18-19-20-21-22-23-24-25-26-27-28-29-31-32-34-36-43(46)50-40-42(41-52-54(48,49)51-39-38-45(3,4)5)53-44(47)37-35-33-30-15-13-11-9-7-2/h42H,6-41H2,1-5H3/t42-/m1/s1.